The molecule has 5 nitrogen and oxygen atoms in total. The van der Waals surface area contributed by atoms with Gasteiger partial charge in [0.05, 0.1) is 28.5 Å². The minimum absolute atomic E-state index is 0.111. The molecule has 0 unspecified atom stereocenters. The number of carbonyl (C=O) groups is 1. The number of rotatable bonds is 6. The van der Waals surface area contributed by atoms with Crippen LogP contribution >= 0.6 is 11.6 Å². The quantitative estimate of drug-likeness (QED) is 0.317. The van der Waals surface area contributed by atoms with E-state index in [1.165, 1.54) is 54.2 Å². The first-order valence-corrected chi connectivity index (χ1v) is 10.6. The van der Waals surface area contributed by atoms with Gasteiger partial charge in [0, 0.05) is 5.39 Å². The largest absolute Gasteiger partial charge is 0.482 e. The fourth-order valence-electron chi connectivity index (χ4n) is 3.52. The maximum absolute atomic E-state index is 13.4. The molecule has 1 amide bonds. The van der Waals surface area contributed by atoms with E-state index in [1.54, 1.807) is 12.1 Å². The van der Waals surface area contributed by atoms with Crippen LogP contribution in [0.5, 0.6) is 5.75 Å². The summed E-state index contributed by atoms with van der Waals surface area (Å²) < 4.78 is 72.6. The number of amides is 1. The molecule has 0 fully saturated rings. The Morgan fingerprint density at radius 3 is 2.23 bits per heavy atom. The number of carbonyl (C=O) groups excluding carboxylic acids is 1. The first kappa shape index (κ1) is 24.5. The summed E-state index contributed by atoms with van der Waals surface area (Å²) in [7, 11) is 0. The number of ether oxygens (including phenoxy) is 1. The van der Waals surface area contributed by atoms with E-state index in [2.05, 4.69) is 5.10 Å². The molecule has 35 heavy (non-hydrogen) atoms. The summed E-state index contributed by atoms with van der Waals surface area (Å²) in [5, 5.41) is 6.85. The third-order valence-corrected chi connectivity index (χ3v) is 5.51. The van der Waals surface area contributed by atoms with Gasteiger partial charge in [-0.2, -0.15) is 18.3 Å². The molecule has 0 saturated carbocycles. The summed E-state index contributed by atoms with van der Waals surface area (Å²) in [6.07, 6.45) is -4.71. The van der Waals surface area contributed by atoms with Gasteiger partial charge in [-0.05, 0) is 61.0 Å². The second kappa shape index (κ2) is 9.53. The molecule has 0 bridgehead atoms. The van der Waals surface area contributed by atoms with Crippen LogP contribution < -0.4 is 10.1 Å². The summed E-state index contributed by atoms with van der Waals surface area (Å²) >= 11 is 6.43. The highest BCUT2D eigenvalue weighted by Crippen LogP contribution is 2.35. The number of nitrogens with zero attached hydrogens (tertiary/aromatic N) is 2. The molecule has 0 aliphatic heterocycles. The molecular formula is C24H17ClF5N3O2. The van der Waals surface area contributed by atoms with Crippen LogP contribution in [0.4, 0.5) is 22.0 Å². The van der Waals surface area contributed by atoms with E-state index in [0.717, 1.165) is 12.1 Å². The minimum Gasteiger partial charge on any atom is -0.482 e. The molecular weight excluding hydrogens is 493 g/mol. The fraction of sp³-hybridized carbons (Fsp3) is 0.167. The van der Waals surface area contributed by atoms with Crippen LogP contribution in [0.25, 0.3) is 16.6 Å². The Morgan fingerprint density at radius 1 is 1.03 bits per heavy atom. The van der Waals surface area contributed by atoms with Gasteiger partial charge in [-0.15, -0.1) is 0 Å². The molecule has 182 valence electrons. The maximum Gasteiger partial charge on any atom is 0.471 e. The Bertz CT molecular complexity index is 1350. The van der Waals surface area contributed by atoms with Crippen molar-refractivity contribution >= 4 is 28.4 Å². The molecule has 4 aromatic rings. The second-order valence-corrected chi connectivity index (χ2v) is 8.13. The Labute approximate surface area is 201 Å². The summed E-state index contributed by atoms with van der Waals surface area (Å²) in [4.78, 5) is 11.5. The lowest BCUT2D eigenvalue weighted by Gasteiger charge is -2.27. The van der Waals surface area contributed by atoms with Crippen molar-refractivity contribution in [3.05, 3.63) is 89.1 Å². The van der Waals surface area contributed by atoms with E-state index in [-0.39, 0.29) is 10.8 Å². The molecule has 11 heteroatoms. The number of benzene rings is 3. The third-order valence-electron chi connectivity index (χ3n) is 5.22. The van der Waals surface area contributed by atoms with Crippen molar-refractivity contribution in [3.63, 3.8) is 0 Å². The van der Waals surface area contributed by atoms with Crippen LogP contribution in [-0.2, 0) is 4.79 Å². The number of halogens is 6. The Morgan fingerprint density at radius 2 is 1.63 bits per heavy atom. The molecule has 0 radical (unpaired) electrons. The van der Waals surface area contributed by atoms with Crippen molar-refractivity contribution in [1.29, 1.82) is 0 Å². The molecule has 4 rings (SSSR count). The zero-order valence-electron chi connectivity index (χ0n) is 18.0. The summed E-state index contributed by atoms with van der Waals surface area (Å²) in [6.45, 7) is 1.33. The lowest BCUT2D eigenvalue weighted by Crippen LogP contribution is -2.45. The Kier molecular flexibility index (Phi) is 6.66. The molecule has 0 saturated heterocycles. The van der Waals surface area contributed by atoms with Gasteiger partial charge in [0.25, 0.3) is 0 Å². The van der Waals surface area contributed by atoms with Gasteiger partial charge in [0.1, 0.15) is 23.5 Å². The number of alkyl halides is 3. The number of hydrogen-bond acceptors (Lipinski definition) is 3. The molecule has 0 spiro atoms. The minimum atomic E-state index is -5.09. The maximum atomic E-state index is 13.4. The van der Waals surface area contributed by atoms with E-state index >= 15 is 0 Å². The van der Waals surface area contributed by atoms with Crippen molar-refractivity contribution < 1.29 is 31.5 Å². The number of aromatic nitrogens is 2. The summed E-state index contributed by atoms with van der Waals surface area (Å²) in [6, 6.07) is 12.5. The van der Waals surface area contributed by atoms with Crippen molar-refractivity contribution in [2.45, 2.75) is 25.2 Å². The number of hydrogen-bond donors (Lipinski definition) is 1. The smallest absolute Gasteiger partial charge is 0.471 e. The van der Waals surface area contributed by atoms with Crippen LogP contribution in [0, 0.1) is 11.6 Å². The van der Waals surface area contributed by atoms with Gasteiger partial charge in [0.15, 0.2) is 0 Å². The van der Waals surface area contributed by atoms with Gasteiger partial charge in [-0.25, -0.2) is 13.5 Å². The predicted octanol–water partition coefficient (Wildman–Crippen LogP) is 6.14. The number of fused-ring (bicyclic) bond motifs is 1. The SMILES string of the molecule is C[C@H](NC(=O)C(F)(F)F)[C@H](Oc1cc2cnn(-c3ccc(F)cc3)c2cc1Cl)c1ccc(F)cc1. The zero-order chi connectivity index (χ0) is 25.3. The van der Waals surface area contributed by atoms with Crippen LogP contribution in [0.15, 0.2) is 66.9 Å². The highest BCUT2D eigenvalue weighted by atomic mass is 35.5. The summed E-state index contributed by atoms with van der Waals surface area (Å²) in [5.74, 6) is -2.98. The molecule has 1 aromatic heterocycles. The number of nitrogens with one attached hydrogen (secondary N) is 1. The Balaban J connectivity index is 1.69. The van der Waals surface area contributed by atoms with Crippen LogP contribution in [0.3, 0.4) is 0 Å². The van der Waals surface area contributed by atoms with E-state index < -0.39 is 35.9 Å². The van der Waals surface area contributed by atoms with Gasteiger partial charge in [-0.1, -0.05) is 23.7 Å². The van der Waals surface area contributed by atoms with E-state index in [0.29, 0.717) is 22.2 Å². The van der Waals surface area contributed by atoms with Crippen LogP contribution in [0.1, 0.15) is 18.6 Å². The molecule has 3 aromatic carbocycles. The van der Waals surface area contributed by atoms with Gasteiger partial charge >= 0.3 is 12.1 Å². The van der Waals surface area contributed by atoms with E-state index in [4.69, 9.17) is 16.3 Å². The standard InChI is InChI=1S/C24H17ClF5N3O2/c1-13(32-23(34)24(28,29)30)22(14-2-4-16(26)5-3-14)35-21-10-15-12-31-33(20(15)11-19(21)25)18-8-6-17(27)7-9-18/h2-13,22H,1H3,(H,32,34)/t13-,22-/m0/s1. The second-order valence-electron chi connectivity index (χ2n) is 7.72. The van der Waals surface area contributed by atoms with Crippen molar-refractivity contribution in [3.8, 4) is 11.4 Å². The molecule has 0 aliphatic rings. The molecule has 1 N–H and O–H groups in total. The predicted molar refractivity (Wildman–Crippen MR) is 119 cm³/mol. The Hall–Kier alpha value is -3.66. The highest BCUT2D eigenvalue weighted by molar-refractivity contribution is 6.32. The monoisotopic (exact) mass is 509 g/mol. The van der Waals surface area contributed by atoms with Crippen LogP contribution in [0.2, 0.25) is 5.02 Å². The van der Waals surface area contributed by atoms with Crippen LogP contribution in [-0.4, -0.2) is 27.9 Å². The lowest BCUT2D eigenvalue weighted by molar-refractivity contribution is -0.174. The van der Waals surface area contributed by atoms with E-state index in [1.807, 2.05) is 5.32 Å². The average Bonchev–Trinajstić information content (AvgIpc) is 3.20. The highest BCUT2D eigenvalue weighted by Gasteiger charge is 2.40. The molecule has 1 heterocycles. The zero-order valence-corrected chi connectivity index (χ0v) is 18.7. The van der Waals surface area contributed by atoms with Gasteiger partial charge in [0.2, 0.25) is 0 Å². The molecule has 2 atom stereocenters. The van der Waals surface area contributed by atoms with Crippen molar-refractivity contribution in [1.82, 2.24) is 15.1 Å². The summed E-state index contributed by atoms with van der Waals surface area (Å²) in [5.41, 5.74) is 1.48. The lowest BCUT2D eigenvalue weighted by atomic mass is 10.0. The van der Waals surface area contributed by atoms with Crippen molar-refractivity contribution in [2.75, 3.05) is 0 Å². The fourth-order valence-corrected chi connectivity index (χ4v) is 3.72. The molecule has 0 aliphatic carbocycles. The van der Waals surface area contributed by atoms with Crippen molar-refractivity contribution in [2.24, 2.45) is 0 Å². The average molecular weight is 510 g/mol. The van der Waals surface area contributed by atoms with Gasteiger partial charge in [-0.3, -0.25) is 4.79 Å². The topological polar surface area (TPSA) is 56.1 Å². The normalized spacial score (nSPS) is 13.5. The van der Waals surface area contributed by atoms with E-state index in [9.17, 15) is 26.7 Å². The third kappa shape index (κ3) is 5.37. The van der Waals surface area contributed by atoms with Gasteiger partial charge < -0.3 is 10.1 Å². The first-order chi connectivity index (χ1) is 16.5. The first-order valence-electron chi connectivity index (χ1n) is 10.3.